The van der Waals surface area contributed by atoms with Gasteiger partial charge in [-0.3, -0.25) is 23.3 Å². The number of carbonyl (C=O) groups is 1. The van der Waals surface area contributed by atoms with Crippen LogP contribution in [0.4, 0.5) is 0 Å². The van der Waals surface area contributed by atoms with E-state index in [0.717, 1.165) is 9.13 Å². The lowest BCUT2D eigenvalue weighted by Gasteiger charge is -2.09. The van der Waals surface area contributed by atoms with Gasteiger partial charge >= 0.3 is 11.7 Å². The summed E-state index contributed by atoms with van der Waals surface area (Å²) in [5, 5.41) is 9.37. The molecule has 0 amide bonds. The molecule has 0 unspecified atom stereocenters. The van der Waals surface area contributed by atoms with Crippen LogP contribution in [0.15, 0.2) is 40.2 Å². The van der Waals surface area contributed by atoms with Crippen molar-refractivity contribution in [2.45, 2.75) is 6.54 Å². The number of benzene rings is 1. The standard InChI is InChI=1S/C14H11ClN4O4/c1-17-13(22)11-12(18(14(17)23)6-10(20)21)16-7-19(11)9-5-3-2-4-8(9)15/h2-5,7H,6H2,1H3,(H,20,21). The van der Waals surface area contributed by atoms with Crippen molar-refractivity contribution in [2.24, 2.45) is 7.05 Å². The molecule has 0 atom stereocenters. The number of carboxylic acids is 1. The van der Waals surface area contributed by atoms with Gasteiger partial charge in [0.1, 0.15) is 12.9 Å². The smallest absolute Gasteiger partial charge is 0.333 e. The van der Waals surface area contributed by atoms with E-state index in [1.165, 1.54) is 17.9 Å². The monoisotopic (exact) mass is 334 g/mol. The number of rotatable bonds is 3. The fourth-order valence-corrected chi connectivity index (χ4v) is 2.59. The van der Waals surface area contributed by atoms with E-state index in [-0.39, 0.29) is 11.2 Å². The van der Waals surface area contributed by atoms with Gasteiger partial charge in [0, 0.05) is 7.05 Å². The molecule has 0 aliphatic heterocycles. The molecular formula is C14H11ClN4O4. The number of hydrogen-bond donors (Lipinski definition) is 1. The van der Waals surface area contributed by atoms with Gasteiger partial charge in [-0.2, -0.15) is 0 Å². The van der Waals surface area contributed by atoms with Crippen molar-refractivity contribution in [2.75, 3.05) is 0 Å². The van der Waals surface area contributed by atoms with Gasteiger partial charge in [0.2, 0.25) is 0 Å². The van der Waals surface area contributed by atoms with Crippen molar-refractivity contribution in [3.63, 3.8) is 0 Å². The number of fused-ring (bicyclic) bond motifs is 1. The van der Waals surface area contributed by atoms with E-state index in [1.807, 2.05) is 0 Å². The Hall–Kier alpha value is -2.87. The maximum absolute atomic E-state index is 12.5. The van der Waals surface area contributed by atoms with E-state index in [0.29, 0.717) is 10.7 Å². The molecule has 0 saturated heterocycles. The molecule has 3 aromatic rings. The SMILES string of the molecule is Cn1c(=O)c2c(ncn2-c2ccccc2Cl)n(CC(=O)O)c1=O. The molecule has 2 heterocycles. The van der Waals surface area contributed by atoms with Crippen LogP contribution in [-0.2, 0) is 18.4 Å². The van der Waals surface area contributed by atoms with Gasteiger partial charge in [0.05, 0.1) is 10.7 Å². The lowest BCUT2D eigenvalue weighted by atomic mass is 10.3. The Morgan fingerprint density at radius 1 is 1.30 bits per heavy atom. The first-order chi connectivity index (χ1) is 10.9. The first-order valence-electron chi connectivity index (χ1n) is 6.55. The molecular weight excluding hydrogens is 324 g/mol. The van der Waals surface area contributed by atoms with Gasteiger partial charge in [0.15, 0.2) is 11.2 Å². The lowest BCUT2D eigenvalue weighted by molar-refractivity contribution is -0.137. The van der Waals surface area contributed by atoms with Crippen LogP contribution in [0.3, 0.4) is 0 Å². The average molecular weight is 335 g/mol. The molecule has 0 saturated carbocycles. The molecule has 1 aromatic carbocycles. The summed E-state index contributed by atoms with van der Waals surface area (Å²) in [6, 6.07) is 6.82. The molecule has 118 valence electrons. The third-order valence-electron chi connectivity index (χ3n) is 3.43. The summed E-state index contributed by atoms with van der Waals surface area (Å²) in [5.41, 5.74) is -0.727. The van der Waals surface area contributed by atoms with E-state index in [4.69, 9.17) is 16.7 Å². The number of hydrogen-bond acceptors (Lipinski definition) is 4. The van der Waals surface area contributed by atoms with Crippen LogP contribution in [0, 0.1) is 0 Å². The predicted molar refractivity (Wildman–Crippen MR) is 83.2 cm³/mol. The molecule has 0 bridgehead atoms. The summed E-state index contributed by atoms with van der Waals surface area (Å²) in [4.78, 5) is 39.6. The maximum Gasteiger partial charge on any atom is 0.333 e. The highest BCUT2D eigenvalue weighted by atomic mass is 35.5. The molecule has 0 fully saturated rings. The highest BCUT2D eigenvalue weighted by Gasteiger charge is 2.19. The van der Waals surface area contributed by atoms with Gasteiger partial charge < -0.3 is 5.11 Å². The van der Waals surface area contributed by atoms with Crippen LogP contribution in [-0.4, -0.2) is 29.8 Å². The summed E-state index contributed by atoms with van der Waals surface area (Å²) in [7, 11) is 1.28. The number of halogens is 1. The van der Waals surface area contributed by atoms with Crippen LogP contribution in [0.2, 0.25) is 5.02 Å². The zero-order valence-corrected chi connectivity index (χ0v) is 12.7. The predicted octanol–water partition coefficient (Wildman–Crippen LogP) is 0.624. The Morgan fingerprint density at radius 3 is 2.65 bits per heavy atom. The van der Waals surface area contributed by atoms with Gasteiger partial charge in [0.25, 0.3) is 5.56 Å². The number of carboxylic acid groups (broad SMARTS) is 1. The van der Waals surface area contributed by atoms with Crippen LogP contribution in [0.1, 0.15) is 0 Å². The Bertz CT molecular complexity index is 1050. The molecule has 0 aliphatic rings. The first kappa shape index (κ1) is 15.0. The van der Waals surface area contributed by atoms with Gasteiger partial charge in [-0.25, -0.2) is 9.78 Å². The number of imidazole rings is 1. The van der Waals surface area contributed by atoms with Crippen molar-refractivity contribution >= 4 is 28.7 Å². The number of nitrogens with zero attached hydrogens (tertiary/aromatic N) is 4. The Labute approximate surface area is 133 Å². The number of aromatic nitrogens is 4. The van der Waals surface area contributed by atoms with E-state index in [1.54, 1.807) is 24.3 Å². The van der Waals surface area contributed by atoms with Crippen molar-refractivity contribution in [1.29, 1.82) is 0 Å². The molecule has 0 radical (unpaired) electrons. The highest BCUT2D eigenvalue weighted by Crippen LogP contribution is 2.22. The van der Waals surface area contributed by atoms with Gasteiger partial charge in [-0.05, 0) is 12.1 Å². The second-order valence-corrected chi connectivity index (χ2v) is 5.27. The molecule has 8 nitrogen and oxygen atoms in total. The van der Waals surface area contributed by atoms with E-state index in [2.05, 4.69) is 4.98 Å². The Kier molecular flexibility index (Phi) is 3.53. The summed E-state index contributed by atoms with van der Waals surface area (Å²) in [6.45, 7) is -0.594. The molecule has 23 heavy (non-hydrogen) atoms. The molecule has 2 aromatic heterocycles. The van der Waals surface area contributed by atoms with Crippen molar-refractivity contribution in [3.8, 4) is 5.69 Å². The van der Waals surface area contributed by atoms with E-state index in [9.17, 15) is 14.4 Å². The van der Waals surface area contributed by atoms with Crippen LogP contribution in [0.5, 0.6) is 0 Å². The highest BCUT2D eigenvalue weighted by molar-refractivity contribution is 6.32. The fourth-order valence-electron chi connectivity index (χ4n) is 2.36. The van der Waals surface area contributed by atoms with Gasteiger partial charge in [-0.15, -0.1) is 0 Å². The molecule has 0 spiro atoms. The van der Waals surface area contributed by atoms with E-state index >= 15 is 0 Å². The maximum atomic E-state index is 12.5. The molecule has 1 N–H and O–H groups in total. The Balaban J connectivity index is 2.44. The van der Waals surface area contributed by atoms with Crippen molar-refractivity contribution in [1.82, 2.24) is 18.7 Å². The summed E-state index contributed by atoms with van der Waals surface area (Å²) in [6.07, 6.45) is 1.34. The van der Waals surface area contributed by atoms with Crippen molar-refractivity contribution < 1.29 is 9.90 Å². The second-order valence-electron chi connectivity index (χ2n) is 4.86. The molecule has 9 heteroatoms. The zero-order valence-electron chi connectivity index (χ0n) is 11.9. The average Bonchev–Trinajstić information content (AvgIpc) is 2.94. The topological polar surface area (TPSA) is 99.1 Å². The molecule has 3 rings (SSSR count). The summed E-state index contributed by atoms with van der Waals surface area (Å²) in [5.74, 6) is -1.21. The van der Waals surface area contributed by atoms with Crippen molar-refractivity contribution in [3.05, 3.63) is 56.5 Å². The normalized spacial score (nSPS) is 11.0. The van der Waals surface area contributed by atoms with Crippen LogP contribution in [0.25, 0.3) is 16.9 Å². The van der Waals surface area contributed by atoms with Gasteiger partial charge in [-0.1, -0.05) is 23.7 Å². The summed E-state index contributed by atoms with van der Waals surface area (Å²) >= 11 is 6.14. The lowest BCUT2D eigenvalue weighted by Crippen LogP contribution is -2.39. The van der Waals surface area contributed by atoms with Crippen LogP contribution >= 0.6 is 11.6 Å². The third kappa shape index (κ3) is 2.33. The first-order valence-corrected chi connectivity index (χ1v) is 6.93. The Morgan fingerprint density at radius 2 is 2.00 bits per heavy atom. The minimum Gasteiger partial charge on any atom is -0.480 e. The minimum atomic E-state index is -1.21. The second kappa shape index (κ2) is 5.40. The number of para-hydroxylation sites is 1. The molecule has 0 aliphatic carbocycles. The van der Waals surface area contributed by atoms with Crippen LogP contribution < -0.4 is 11.2 Å². The third-order valence-corrected chi connectivity index (χ3v) is 3.75. The fraction of sp³-hybridized carbons (Fsp3) is 0.143. The minimum absolute atomic E-state index is 0.000389. The number of aliphatic carboxylic acids is 1. The summed E-state index contributed by atoms with van der Waals surface area (Å²) < 4.78 is 3.23. The quantitative estimate of drug-likeness (QED) is 0.757. The zero-order chi connectivity index (χ0) is 16.7. The van der Waals surface area contributed by atoms with E-state index < -0.39 is 23.8 Å². The largest absolute Gasteiger partial charge is 0.480 e.